The highest BCUT2D eigenvalue weighted by Crippen LogP contribution is 2.44. The van der Waals surface area contributed by atoms with Crippen LogP contribution in [0.1, 0.15) is 27.5 Å². The van der Waals surface area contributed by atoms with Crippen molar-refractivity contribution in [1.82, 2.24) is 15.2 Å². The van der Waals surface area contributed by atoms with Crippen molar-refractivity contribution >= 4 is 23.8 Å². The van der Waals surface area contributed by atoms with Crippen molar-refractivity contribution in [3.8, 4) is 11.1 Å². The normalized spacial score (nSPS) is 17.1. The van der Waals surface area contributed by atoms with Gasteiger partial charge in [0.1, 0.15) is 6.61 Å². The molecular formula is C23H20N4O7. The maximum absolute atomic E-state index is 12.9. The summed E-state index contributed by atoms with van der Waals surface area (Å²) in [7, 11) is 0. The van der Waals surface area contributed by atoms with Crippen molar-refractivity contribution < 1.29 is 33.6 Å². The second kappa shape index (κ2) is 8.94. The summed E-state index contributed by atoms with van der Waals surface area (Å²) < 4.78 is 15.2. The van der Waals surface area contributed by atoms with E-state index >= 15 is 0 Å². The van der Waals surface area contributed by atoms with Crippen molar-refractivity contribution in [3.05, 3.63) is 65.4 Å². The van der Waals surface area contributed by atoms with E-state index in [9.17, 15) is 19.5 Å². The van der Waals surface area contributed by atoms with Crippen LogP contribution >= 0.6 is 0 Å². The van der Waals surface area contributed by atoms with Crippen LogP contribution in [0.25, 0.3) is 11.1 Å². The average molecular weight is 464 g/mol. The van der Waals surface area contributed by atoms with Crippen molar-refractivity contribution in [2.24, 2.45) is 0 Å². The van der Waals surface area contributed by atoms with E-state index in [0.29, 0.717) is 0 Å². The molecule has 2 amide bonds. The Morgan fingerprint density at radius 2 is 1.74 bits per heavy atom. The number of aromatic nitrogens is 2. The van der Waals surface area contributed by atoms with Crippen LogP contribution in [-0.4, -0.2) is 70.7 Å². The monoisotopic (exact) mass is 464 g/mol. The molecule has 0 radical (unpaired) electrons. The molecule has 11 nitrogen and oxygen atoms in total. The van der Waals surface area contributed by atoms with Crippen LogP contribution in [-0.2, 0) is 14.3 Å². The second-order valence-corrected chi connectivity index (χ2v) is 7.84. The van der Waals surface area contributed by atoms with Crippen LogP contribution in [0.4, 0.5) is 10.6 Å². The number of aliphatic carboxylic acids is 1. The van der Waals surface area contributed by atoms with Gasteiger partial charge in [-0.3, -0.25) is 10.1 Å². The molecule has 1 aromatic heterocycles. The molecule has 1 aliphatic heterocycles. The quantitative estimate of drug-likeness (QED) is 0.581. The lowest BCUT2D eigenvalue weighted by molar-refractivity contribution is -0.147. The first-order valence-corrected chi connectivity index (χ1v) is 10.6. The number of amides is 2. The van der Waals surface area contributed by atoms with E-state index in [-0.39, 0.29) is 43.8 Å². The van der Waals surface area contributed by atoms with E-state index in [4.69, 9.17) is 9.47 Å². The summed E-state index contributed by atoms with van der Waals surface area (Å²) >= 11 is 0. The molecular weight excluding hydrogens is 444 g/mol. The number of nitrogens with zero attached hydrogens (tertiary/aromatic N) is 3. The Bertz CT molecular complexity index is 1210. The maximum Gasteiger partial charge on any atom is 0.412 e. The minimum Gasteiger partial charge on any atom is -0.480 e. The summed E-state index contributed by atoms with van der Waals surface area (Å²) in [5, 5.41) is 18.9. The van der Waals surface area contributed by atoms with Gasteiger partial charge in [-0.25, -0.2) is 14.2 Å². The first-order valence-electron chi connectivity index (χ1n) is 10.6. The van der Waals surface area contributed by atoms with Crippen molar-refractivity contribution in [2.75, 3.05) is 31.7 Å². The number of rotatable bonds is 5. The molecule has 11 heteroatoms. The lowest BCUT2D eigenvalue weighted by atomic mass is 9.98. The fraction of sp³-hybridized carbons (Fsp3) is 0.261. The highest BCUT2D eigenvalue weighted by molar-refractivity contribution is 6.01. The van der Waals surface area contributed by atoms with Gasteiger partial charge >= 0.3 is 12.1 Å². The van der Waals surface area contributed by atoms with E-state index in [1.165, 1.54) is 0 Å². The van der Waals surface area contributed by atoms with Gasteiger partial charge in [-0.2, -0.15) is 0 Å². The summed E-state index contributed by atoms with van der Waals surface area (Å²) in [6.45, 7) is 0.142. The number of benzene rings is 2. The van der Waals surface area contributed by atoms with Crippen molar-refractivity contribution in [3.63, 3.8) is 0 Å². The number of nitrogens with one attached hydrogen (secondary N) is 1. The van der Waals surface area contributed by atoms with Crippen LogP contribution in [0.5, 0.6) is 0 Å². The summed E-state index contributed by atoms with van der Waals surface area (Å²) in [5.74, 6) is -2.35. The molecule has 0 bridgehead atoms. The minimum absolute atomic E-state index is 0.0487. The van der Waals surface area contributed by atoms with Gasteiger partial charge in [0.2, 0.25) is 11.5 Å². The van der Waals surface area contributed by atoms with E-state index in [2.05, 4.69) is 20.3 Å². The highest BCUT2D eigenvalue weighted by Gasteiger charge is 2.36. The smallest absolute Gasteiger partial charge is 0.412 e. The maximum atomic E-state index is 12.9. The lowest BCUT2D eigenvalue weighted by Gasteiger charge is -2.32. The van der Waals surface area contributed by atoms with Crippen LogP contribution < -0.4 is 5.32 Å². The Balaban J connectivity index is 1.28. The van der Waals surface area contributed by atoms with Gasteiger partial charge in [-0.15, -0.1) is 0 Å². The van der Waals surface area contributed by atoms with Crippen molar-refractivity contribution in [2.45, 2.75) is 12.0 Å². The number of carboxylic acids is 1. The standard InChI is InChI=1S/C23H20N4O7/c28-21(27-9-10-32-12-18(27)22(29)30)19-20(26-34-25-19)24-23(31)33-11-17-15-7-3-1-5-13(15)14-6-2-4-8-16(14)17/h1-8,17-18H,9-12H2,(H,29,30)(H,24,26,31). The van der Waals surface area contributed by atoms with Gasteiger partial charge in [-0.05, 0) is 32.6 Å². The van der Waals surface area contributed by atoms with Crippen LogP contribution in [0, 0.1) is 0 Å². The predicted octanol–water partition coefficient (Wildman–Crippen LogP) is 2.36. The van der Waals surface area contributed by atoms with E-state index in [0.717, 1.165) is 27.2 Å². The van der Waals surface area contributed by atoms with Gasteiger partial charge in [0.15, 0.2) is 6.04 Å². The molecule has 0 saturated carbocycles. The highest BCUT2D eigenvalue weighted by atomic mass is 16.6. The number of anilines is 1. The van der Waals surface area contributed by atoms with Crippen molar-refractivity contribution in [1.29, 1.82) is 0 Å². The average Bonchev–Trinajstić information content (AvgIpc) is 3.44. The van der Waals surface area contributed by atoms with E-state index in [1.807, 2.05) is 48.5 Å². The third kappa shape index (κ3) is 3.86. The first-order chi connectivity index (χ1) is 16.5. The molecule has 174 valence electrons. The fourth-order valence-corrected chi connectivity index (χ4v) is 4.33. The number of morpholine rings is 1. The second-order valence-electron chi connectivity index (χ2n) is 7.84. The number of carbonyl (C=O) groups excluding carboxylic acids is 2. The molecule has 2 heterocycles. The first kappa shape index (κ1) is 21.6. The summed E-state index contributed by atoms with van der Waals surface area (Å²) in [6.07, 6.45) is -0.844. The number of hydrogen-bond donors (Lipinski definition) is 2. The molecule has 1 fully saturated rings. The lowest BCUT2D eigenvalue weighted by Crippen LogP contribution is -2.52. The van der Waals surface area contributed by atoms with Gasteiger partial charge in [0.05, 0.1) is 13.2 Å². The summed E-state index contributed by atoms with van der Waals surface area (Å²) in [5.41, 5.74) is 3.99. The largest absolute Gasteiger partial charge is 0.480 e. The number of carbonyl (C=O) groups is 3. The van der Waals surface area contributed by atoms with E-state index in [1.54, 1.807) is 0 Å². The molecule has 2 aliphatic rings. The number of carboxylic acid groups (broad SMARTS) is 1. The molecule has 0 spiro atoms. The van der Waals surface area contributed by atoms with Crippen LogP contribution in [0.15, 0.2) is 53.2 Å². The summed E-state index contributed by atoms with van der Waals surface area (Å²) in [6, 6.07) is 14.7. The zero-order chi connectivity index (χ0) is 23.7. The Morgan fingerprint density at radius 1 is 1.06 bits per heavy atom. The molecule has 1 atom stereocenters. The van der Waals surface area contributed by atoms with Gasteiger partial charge in [-0.1, -0.05) is 48.5 Å². The topological polar surface area (TPSA) is 144 Å². The number of ether oxygens (including phenoxy) is 2. The SMILES string of the molecule is O=C(Nc1nonc1C(=O)N1CCOCC1C(=O)O)OCC1c2ccccc2-c2ccccc21. The molecule has 5 rings (SSSR count). The number of fused-ring (bicyclic) bond motifs is 3. The minimum atomic E-state index is -1.21. The molecule has 1 aliphatic carbocycles. The van der Waals surface area contributed by atoms with Gasteiger partial charge in [0.25, 0.3) is 5.91 Å². The fourth-order valence-electron chi connectivity index (χ4n) is 4.33. The van der Waals surface area contributed by atoms with Crippen LogP contribution in [0.3, 0.4) is 0 Å². The van der Waals surface area contributed by atoms with Gasteiger partial charge in [0, 0.05) is 12.5 Å². The summed E-state index contributed by atoms with van der Waals surface area (Å²) in [4.78, 5) is 38.0. The molecule has 3 aromatic rings. The Hall–Kier alpha value is -4.25. The Kier molecular flexibility index (Phi) is 5.68. The Labute approximate surface area is 193 Å². The third-order valence-corrected chi connectivity index (χ3v) is 5.93. The van der Waals surface area contributed by atoms with Gasteiger partial charge < -0.3 is 19.5 Å². The zero-order valence-corrected chi connectivity index (χ0v) is 17.8. The van der Waals surface area contributed by atoms with Crippen LogP contribution in [0.2, 0.25) is 0 Å². The predicted molar refractivity (Wildman–Crippen MR) is 116 cm³/mol. The molecule has 34 heavy (non-hydrogen) atoms. The Morgan fingerprint density at radius 3 is 2.41 bits per heavy atom. The zero-order valence-electron chi connectivity index (χ0n) is 17.8. The van der Waals surface area contributed by atoms with E-state index < -0.39 is 24.0 Å². The number of hydrogen-bond acceptors (Lipinski definition) is 8. The molecule has 2 aromatic carbocycles. The third-order valence-electron chi connectivity index (χ3n) is 5.93. The molecule has 1 saturated heterocycles. The molecule has 2 N–H and O–H groups in total. The molecule has 1 unspecified atom stereocenters.